The van der Waals surface area contributed by atoms with Crippen molar-refractivity contribution in [3.63, 3.8) is 0 Å². The van der Waals surface area contributed by atoms with E-state index in [9.17, 15) is 19.4 Å². The lowest BCUT2D eigenvalue weighted by molar-refractivity contribution is -0.225. The van der Waals surface area contributed by atoms with Crippen molar-refractivity contribution < 1.29 is 24.4 Å². The van der Waals surface area contributed by atoms with E-state index >= 15 is 0 Å². The van der Waals surface area contributed by atoms with Crippen LogP contribution < -0.4 is 11.3 Å². The van der Waals surface area contributed by atoms with Crippen molar-refractivity contribution in [2.45, 2.75) is 23.8 Å². The maximum atomic E-state index is 14.4. The first-order valence-electron chi connectivity index (χ1n) is 6.50. The molecule has 3 heterocycles. The molecule has 2 aromatic heterocycles. The van der Waals surface area contributed by atoms with Crippen LogP contribution in [0.5, 0.6) is 0 Å². The SMILES string of the molecule is C#C[C@@]1(n2ccc3c(=O)[nH]c(N)nc32)O[C@](F)(CO)[C@@H](O)[C@H]1O. The van der Waals surface area contributed by atoms with Crippen LogP contribution in [0.1, 0.15) is 0 Å². The van der Waals surface area contributed by atoms with Gasteiger partial charge in [-0.15, -0.1) is 6.42 Å². The smallest absolute Gasteiger partial charge is 0.264 e. The predicted molar refractivity (Wildman–Crippen MR) is 75.6 cm³/mol. The lowest BCUT2D eigenvalue weighted by Crippen LogP contribution is -2.45. The van der Waals surface area contributed by atoms with Crippen LogP contribution in [0.3, 0.4) is 0 Å². The van der Waals surface area contributed by atoms with Gasteiger partial charge >= 0.3 is 0 Å². The van der Waals surface area contributed by atoms with Crippen LogP contribution in [-0.4, -0.2) is 54.5 Å². The Hall–Kier alpha value is -2.45. The van der Waals surface area contributed by atoms with E-state index in [2.05, 4.69) is 15.9 Å². The number of anilines is 1. The summed E-state index contributed by atoms with van der Waals surface area (Å²) < 4.78 is 20.4. The molecule has 10 heteroatoms. The topological polar surface area (TPSA) is 147 Å². The van der Waals surface area contributed by atoms with E-state index in [1.165, 1.54) is 12.3 Å². The van der Waals surface area contributed by atoms with Crippen molar-refractivity contribution in [3.8, 4) is 12.3 Å². The molecule has 1 fully saturated rings. The van der Waals surface area contributed by atoms with E-state index in [0.717, 1.165) is 4.57 Å². The molecule has 0 amide bonds. The van der Waals surface area contributed by atoms with Gasteiger partial charge in [0.1, 0.15) is 18.8 Å². The van der Waals surface area contributed by atoms with Crippen molar-refractivity contribution in [3.05, 3.63) is 22.6 Å². The van der Waals surface area contributed by atoms with Gasteiger partial charge in [0.2, 0.25) is 11.7 Å². The Bertz CT molecular complexity index is 873. The summed E-state index contributed by atoms with van der Waals surface area (Å²) in [5, 5.41) is 29.2. The standard InChI is InChI=1S/C13H13FN4O5/c1-2-13(8(21)7(20)12(14,5-19)23-13)18-4-3-6-9(18)16-11(15)17-10(6)22/h1,3-4,7-8,19-21H,5H2,(H3,15,16,17,22)/t7-,8+,12+,13+/m0/s1. The highest BCUT2D eigenvalue weighted by molar-refractivity contribution is 5.76. The maximum absolute atomic E-state index is 14.4. The zero-order valence-corrected chi connectivity index (χ0v) is 11.6. The maximum Gasteiger partial charge on any atom is 0.264 e. The molecule has 4 atom stereocenters. The summed E-state index contributed by atoms with van der Waals surface area (Å²) in [6.45, 7) is -1.23. The zero-order chi connectivity index (χ0) is 17.0. The van der Waals surface area contributed by atoms with Crippen LogP contribution in [0.25, 0.3) is 11.0 Å². The number of aromatic nitrogens is 3. The predicted octanol–water partition coefficient (Wildman–Crippen LogP) is -2.00. The van der Waals surface area contributed by atoms with Crippen LogP contribution in [0.4, 0.5) is 10.3 Å². The van der Waals surface area contributed by atoms with Gasteiger partial charge in [0, 0.05) is 6.20 Å². The molecular formula is C13H13FN4O5. The Balaban J connectivity index is 2.28. The van der Waals surface area contributed by atoms with Gasteiger partial charge < -0.3 is 25.8 Å². The van der Waals surface area contributed by atoms with Gasteiger partial charge in [-0.3, -0.25) is 14.3 Å². The number of hydrogen-bond donors (Lipinski definition) is 5. The lowest BCUT2D eigenvalue weighted by atomic mass is 10.0. The highest BCUT2D eigenvalue weighted by Gasteiger charge is 2.64. The number of nitrogen functional groups attached to an aromatic ring is 1. The van der Waals surface area contributed by atoms with Crippen molar-refractivity contribution in [2.75, 3.05) is 12.3 Å². The van der Waals surface area contributed by atoms with Gasteiger partial charge in [-0.25, -0.2) is 4.39 Å². The van der Waals surface area contributed by atoms with Crippen LogP contribution in [-0.2, 0) is 10.5 Å². The van der Waals surface area contributed by atoms with Crippen LogP contribution in [0.15, 0.2) is 17.1 Å². The number of nitrogens with zero attached hydrogens (tertiary/aromatic N) is 2. The molecule has 0 saturated carbocycles. The molecule has 9 nitrogen and oxygen atoms in total. The molecule has 1 saturated heterocycles. The van der Waals surface area contributed by atoms with Crippen molar-refractivity contribution >= 4 is 17.0 Å². The Kier molecular flexibility index (Phi) is 3.20. The average molecular weight is 324 g/mol. The number of H-pyrrole nitrogens is 1. The number of hydrogen-bond acceptors (Lipinski definition) is 7. The molecule has 23 heavy (non-hydrogen) atoms. The summed E-state index contributed by atoms with van der Waals surface area (Å²) >= 11 is 0. The van der Waals surface area contributed by atoms with Gasteiger partial charge in [0.15, 0.2) is 5.65 Å². The molecule has 122 valence electrons. The summed E-state index contributed by atoms with van der Waals surface area (Å²) in [6.07, 6.45) is 2.60. The number of terminal acetylenes is 1. The second-order valence-corrected chi connectivity index (χ2v) is 5.15. The lowest BCUT2D eigenvalue weighted by Gasteiger charge is -2.28. The van der Waals surface area contributed by atoms with Crippen molar-refractivity contribution in [1.29, 1.82) is 0 Å². The number of aliphatic hydroxyl groups excluding tert-OH is 3. The van der Waals surface area contributed by atoms with E-state index in [-0.39, 0.29) is 17.0 Å². The molecule has 1 aliphatic rings. The molecule has 0 radical (unpaired) electrons. The summed E-state index contributed by atoms with van der Waals surface area (Å²) in [5.41, 5.74) is 2.62. The first-order chi connectivity index (χ1) is 10.8. The molecule has 6 N–H and O–H groups in total. The molecule has 3 rings (SSSR count). The fourth-order valence-electron chi connectivity index (χ4n) is 2.64. The largest absolute Gasteiger partial charge is 0.390 e. The Morgan fingerprint density at radius 3 is 2.83 bits per heavy atom. The van der Waals surface area contributed by atoms with Gasteiger partial charge in [0.25, 0.3) is 11.4 Å². The summed E-state index contributed by atoms with van der Waals surface area (Å²) in [6, 6.07) is 1.32. The summed E-state index contributed by atoms with van der Waals surface area (Å²) in [7, 11) is 0. The number of aromatic amines is 1. The third-order valence-corrected chi connectivity index (χ3v) is 3.82. The number of alkyl halides is 1. The minimum Gasteiger partial charge on any atom is -0.390 e. The normalized spacial score (nSPS) is 33.9. The molecular weight excluding hydrogens is 311 g/mol. The van der Waals surface area contributed by atoms with Crippen LogP contribution in [0, 0.1) is 12.3 Å². The Morgan fingerprint density at radius 2 is 2.26 bits per heavy atom. The van der Waals surface area contributed by atoms with Crippen LogP contribution >= 0.6 is 0 Å². The molecule has 0 aromatic carbocycles. The molecule has 0 spiro atoms. The van der Waals surface area contributed by atoms with Crippen molar-refractivity contribution in [1.82, 2.24) is 14.5 Å². The summed E-state index contributed by atoms with van der Waals surface area (Å²) in [5.74, 6) is -1.14. The number of nitrogens with two attached hydrogens (primary N) is 1. The van der Waals surface area contributed by atoms with Gasteiger partial charge in [-0.2, -0.15) is 4.98 Å². The fraction of sp³-hybridized carbons (Fsp3) is 0.385. The monoisotopic (exact) mass is 324 g/mol. The zero-order valence-electron chi connectivity index (χ0n) is 11.6. The molecule has 1 aliphatic heterocycles. The molecule has 2 aromatic rings. The first kappa shape index (κ1) is 15.4. The molecule has 0 bridgehead atoms. The van der Waals surface area contributed by atoms with E-state index in [0.29, 0.717) is 0 Å². The second-order valence-electron chi connectivity index (χ2n) is 5.15. The number of halogens is 1. The van der Waals surface area contributed by atoms with E-state index in [1.54, 1.807) is 0 Å². The summed E-state index contributed by atoms with van der Waals surface area (Å²) in [4.78, 5) is 18.0. The quantitative estimate of drug-likeness (QED) is 0.402. The highest BCUT2D eigenvalue weighted by atomic mass is 19.2. The highest BCUT2D eigenvalue weighted by Crippen LogP contribution is 2.43. The van der Waals surface area contributed by atoms with Gasteiger partial charge in [-0.1, -0.05) is 0 Å². The number of aliphatic hydroxyl groups is 3. The average Bonchev–Trinajstić information content (AvgIpc) is 3.02. The number of nitrogens with one attached hydrogen (secondary N) is 1. The van der Waals surface area contributed by atoms with Crippen LogP contribution in [0.2, 0.25) is 0 Å². The van der Waals surface area contributed by atoms with Crippen molar-refractivity contribution in [2.24, 2.45) is 0 Å². The third kappa shape index (κ3) is 1.88. The first-order valence-corrected chi connectivity index (χ1v) is 6.50. The number of rotatable bonds is 2. The number of ether oxygens (including phenoxy) is 1. The molecule has 0 unspecified atom stereocenters. The molecule has 0 aliphatic carbocycles. The van der Waals surface area contributed by atoms with E-state index in [4.69, 9.17) is 22.0 Å². The van der Waals surface area contributed by atoms with E-state index in [1.807, 2.05) is 0 Å². The Morgan fingerprint density at radius 1 is 1.57 bits per heavy atom. The minimum atomic E-state index is -2.98. The van der Waals surface area contributed by atoms with E-state index < -0.39 is 36.0 Å². The third-order valence-electron chi connectivity index (χ3n) is 3.82. The fourth-order valence-corrected chi connectivity index (χ4v) is 2.64. The van der Waals surface area contributed by atoms with Gasteiger partial charge in [0.05, 0.1) is 5.39 Å². The Labute approximate surface area is 128 Å². The minimum absolute atomic E-state index is 0.0690. The second kappa shape index (κ2) is 4.77. The van der Waals surface area contributed by atoms with Gasteiger partial charge in [-0.05, 0) is 12.0 Å². The number of fused-ring (bicyclic) bond motifs is 1.